The number of aromatic nitrogens is 3. The normalized spacial score (nSPS) is 10.9. The molecule has 0 unspecified atom stereocenters. The van der Waals surface area contributed by atoms with Crippen LogP contribution >= 0.6 is 0 Å². The average Bonchev–Trinajstić information content (AvgIpc) is 2.88. The minimum atomic E-state index is -0.395. The highest BCUT2D eigenvalue weighted by atomic mass is 16.6. The van der Waals surface area contributed by atoms with Gasteiger partial charge in [0, 0.05) is 18.1 Å². The third-order valence-corrected chi connectivity index (χ3v) is 3.76. The quantitative estimate of drug-likeness (QED) is 0.577. The van der Waals surface area contributed by atoms with Crippen LogP contribution in [-0.2, 0) is 13.1 Å². The number of rotatable bonds is 5. The first kappa shape index (κ1) is 15.0. The smallest absolute Gasteiger partial charge is 0.333 e. The molecular weight excluding hydrogens is 294 g/mol. The van der Waals surface area contributed by atoms with Crippen LogP contribution in [0, 0.1) is 17.0 Å². The maximum Gasteiger partial charge on any atom is 0.333 e. The van der Waals surface area contributed by atoms with Crippen LogP contribution < -0.4 is 5.32 Å². The average molecular weight is 311 g/mol. The molecule has 0 fully saturated rings. The molecule has 23 heavy (non-hydrogen) atoms. The zero-order chi connectivity index (χ0) is 16.4. The molecule has 7 heteroatoms. The van der Waals surface area contributed by atoms with Crippen molar-refractivity contribution in [1.29, 1.82) is 0 Å². The van der Waals surface area contributed by atoms with Crippen molar-refractivity contribution in [3.05, 3.63) is 58.0 Å². The van der Waals surface area contributed by atoms with Gasteiger partial charge in [-0.15, -0.1) is 0 Å². The molecule has 2 aromatic heterocycles. The number of hydrogen-bond acceptors (Lipinski definition) is 5. The monoisotopic (exact) mass is 311 g/mol. The Morgan fingerprint density at radius 1 is 1.30 bits per heavy atom. The van der Waals surface area contributed by atoms with Gasteiger partial charge in [0.25, 0.3) is 0 Å². The lowest BCUT2D eigenvalue weighted by Gasteiger charge is -2.09. The van der Waals surface area contributed by atoms with E-state index in [1.165, 1.54) is 0 Å². The highest BCUT2D eigenvalue weighted by Crippen LogP contribution is 2.29. The van der Waals surface area contributed by atoms with Crippen LogP contribution in [0.2, 0.25) is 0 Å². The van der Waals surface area contributed by atoms with Crippen molar-refractivity contribution in [2.75, 3.05) is 5.32 Å². The Bertz CT molecular complexity index is 867. The van der Waals surface area contributed by atoms with Gasteiger partial charge >= 0.3 is 5.69 Å². The second kappa shape index (κ2) is 6.04. The number of benzene rings is 1. The van der Waals surface area contributed by atoms with Crippen molar-refractivity contribution in [2.24, 2.45) is 0 Å². The number of aryl methyl sites for hydroxylation is 2. The van der Waals surface area contributed by atoms with Gasteiger partial charge < -0.3 is 5.32 Å². The van der Waals surface area contributed by atoms with E-state index in [1.54, 1.807) is 17.8 Å². The molecule has 2 heterocycles. The Hall–Kier alpha value is -2.96. The number of nitrogens with zero attached hydrogens (tertiary/aromatic N) is 4. The molecule has 0 radical (unpaired) electrons. The molecule has 3 rings (SSSR count). The van der Waals surface area contributed by atoms with Gasteiger partial charge in [0.15, 0.2) is 0 Å². The zero-order valence-corrected chi connectivity index (χ0v) is 13.0. The van der Waals surface area contributed by atoms with Crippen LogP contribution in [0.25, 0.3) is 10.8 Å². The fourth-order valence-corrected chi connectivity index (χ4v) is 2.68. The predicted molar refractivity (Wildman–Crippen MR) is 88.4 cm³/mol. The minimum Gasteiger partial charge on any atom is -0.359 e. The van der Waals surface area contributed by atoms with E-state index in [1.807, 2.05) is 37.3 Å². The summed E-state index contributed by atoms with van der Waals surface area (Å²) in [5.41, 5.74) is 1.27. The maximum absolute atomic E-state index is 11.3. The summed E-state index contributed by atoms with van der Waals surface area (Å²) in [7, 11) is 0. The van der Waals surface area contributed by atoms with Gasteiger partial charge in [-0.3, -0.25) is 15.1 Å². The van der Waals surface area contributed by atoms with Crippen molar-refractivity contribution >= 4 is 22.3 Å². The molecule has 0 atom stereocenters. The summed E-state index contributed by atoms with van der Waals surface area (Å²) >= 11 is 0. The molecule has 0 saturated carbocycles. The SMILES string of the molecule is CCn1nc(C)c([N+](=O)[O-])c1NCc1nccc2ccccc12. The van der Waals surface area contributed by atoms with E-state index in [0.717, 1.165) is 16.5 Å². The van der Waals surface area contributed by atoms with Gasteiger partial charge in [-0.05, 0) is 25.3 Å². The molecule has 3 aromatic rings. The van der Waals surface area contributed by atoms with Crippen molar-refractivity contribution in [3.8, 4) is 0 Å². The summed E-state index contributed by atoms with van der Waals surface area (Å²) in [5.74, 6) is 0.421. The topological polar surface area (TPSA) is 85.9 Å². The van der Waals surface area contributed by atoms with E-state index in [9.17, 15) is 10.1 Å². The predicted octanol–water partition coefficient (Wildman–Crippen LogP) is 3.28. The molecule has 0 bridgehead atoms. The number of pyridine rings is 1. The van der Waals surface area contributed by atoms with Crippen LogP contribution in [0.15, 0.2) is 36.5 Å². The summed E-state index contributed by atoms with van der Waals surface area (Å²) in [5, 5.41) is 20.8. The number of nitrogens with one attached hydrogen (secondary N) is 1. The first-order valence-electron chi connectivity index (χ1n) is 7.40. The fraction of sp³-hybridized carbons (Fsp3) is 0.250. The lowest BCUT2D eigenvalue weighted by atomic mass is 10.1. The van der Waals surface area contributed by atoms with Crippen molar-refractivity contribution in [3.63, 3.8) is 0 Å². The van der Waals surface area contributed by atoms with Crippen LogP contribution in [0.4, 0.5) is 11.5 Å². The van der Waals surface area contributed by atoms with Crippen molar-refractivity contribution in [2.45, 2.75) is 26.9 Å². The van der Waals surface area contributed by atoms with E-state index in [4.69, 9.17) is 0 Å². The third kappa shape index (κ3) is 2.73. The minimum absolute atomic E-state index is 0.0205. The molecule has 0 saturated heterocycles. The summed E-state index contributed by atoms with van der Waals surface area (Å²) in [4.78, 5) is 15.3. The number of fused-ring (bicyclic) bond motifs is 1. The Kier molecular flexibility index (Phi) is 3.92. The first-order chi connectivity index (χ1) is 11.1. The molecule has 0 aliphatic heterocycles. The van der Waals surface area contributed by atoms with E-state index in [0.29, 0.717) is 24.6 Å². The van der Waals surface area contributed by atoms with E-state index in [2.05, 4.69) is 15.4 Å². The highest BCUT2D eigenvalue weighted by molar-refractivity contribution is 5.84. The summed E-state index contributed by atoms with van der Waals surface area (Å²) in [6.07, 6.45) is 1.75. The van der Waals surface area contributed by atoms with E-state index >= 15 is 0 Å². The molecule has 0 amide bonds. The molecular formula is C16H17N5O2. The zero-order valence-electron chi connectivity index (χ0n) is 13.0. The molecule has 7 nitrogen and oxygen atoms in total. The van der Waals surface area contributed by atoms with Gasteiger partial charge in [0.1, 0.15) is 5.69 Å². The molecule has 0 aliphatic carbocycles. The van der Waals surface area contributed by atoms with Gasteiger partial charge in [-0.25, -0.2) is 4.68 Å². The Morgan fingerprint density at radius 2 is 2.09 bits per heavy atom. The third-order valence-electron chi connectivity index (χ3n) is 3.76. The largest absolute Gasteiger partial charge is 0.359 e. The molecule has 118 valence electrons. The lowest BCUT2D eigenvalue weighted by Crippen LogP contribution is -2.09. The van der Waals surface area contributed by atoms with Gasteiger partial charge in [-0.2, -0.15) is 5.10 Å². The lowest BCUT2D eigenvalue weighted by molar-refractivity contribution is -0.384. The Morgan fingerprint density at radius 3 is 2.83 bits per heavy atom. The second-order valence-corrected chi connectivity index (χ2v) is 5.19. The van der Waals surface area contributed by atoms with E-state index < -0.39 is 4.92 Å². The van der Waals surface area contributed by atoms with Gasteiger partial charge in [0.05, 0.1) is 17.2 Å². The number of hydrogen-bond donors (Lipinski definition) is 1. The van der Waals surface area contributed by atoms with Gasteiger partial charge in [-0.1, -0.05) is 24.3 Å². The van der Waals surface area contributed by atoms with Crippen LogP contribution in [-0.4, -0.2) is 19.7 Å². The molecule has 1 N–H and O–H groups in total. The maximum atomic E-state index is 11.3. The van der Waals surface area contributed by atoms with Crippen molar-refractivity contribution in [1.82, 2.24) is 14.8 Å². The standard InChI is InChI=1S/C16H17N5O2/c1-3-20-16(15(21(22)23)11(2)19-20)18-10-14-13-7-5-4-6-12(13)8-9-17-14/h4-9,18H,3,10H2,1-2H3. The van der Waals surface area contributed by atoms with Crippen LogP contribution in [0.3, 0.4) is 0 Å². The summed E-state index contributed by atoms with van der Waals surface area (Å²) in [6.45, 7) is 4.50. The molecule has 0 aliphatic rings. The van der Waals surface area contributed by atoms with Crippen LogP contribution in [0.5, 0.6) is 0 Å². The van der Waals surface area contributed by atoms with Gasteiger partial charge in [0.2, 0.25) is 5.82 Å². The molecule has 0 spiro atoms. The van der Waals surface area contributed by atoms with Crippen molar-refractivity contribution < 1.29 is 4.92 Å². The van der Waals surface area contributed by atoms with E-state index in [-0.39, 0.29) is 5.69 Å². The summed E-state index contributed by atoms with van der Waals surface area (Å²) in [6, 6.07) is 9.89. The Balaban J connectivity index is 1.95. The Labute approximate surface area is 133 Å². The number of nitro groups is 1. The summed E-state index contributed by atoms with van der Waals surface area (Å²) < 4.78 is 1.61. The first-order valence-corrected chi connectivity index (χ1v) is 7.40. The molecule has 1 aromatic carbocycles. The highest BCUT2D eigenvalue weighted by Gasteiger charge is 2.24. The van der Waals surface area contributed by atoms with Crippen LogP contribution in [0.1, 0.15) is 18.3 Å². The second-order valence-electron chi connectivity index (χ2n) is 5.19. The fourth-order valence-electron chi connectivity index (χ4n) is 2.68. The number of anilines is 1.